The predicted octanol–water partition coefficient (Wildman–Crippen LogP) is 1.54. The summed E-state index contributed by atoms with van der Waals surface area (Å²) in [5.41, 5.74) is 8.25. The number of halogens is 1. The number of hydrogen-bond acceptors (Lipinski definition) is 3. The minimum absolute atomic E-state index is 0.0719. The van der Waals surface area contributed by atoms with Gasteiger partial charge in [0.25, 0.3) is 0 Å². The zero-order chi connectivity index (χ0) is 12.1. The lowest BCUT2D eigenvalue weighted by Crippen LogP contribution is -2.36. The van der Waals surface area contributed by atoms with Crippen molar-refractivity contribution < 1.29 is 4.74 Å². The molecule has 5 N–H and O–H groups in total. The lowest BCUT2D eigenvalue weighted by atomic mass is 10.3. The third-order valence-electron chi connectivity index (χ3n) is 1.68. The Morgan fingerprint density at radius 3 is 2.69 bits per heavy atom. The minimum Gasteiger partial charge on any atom is -0.489 e. The Bertz CT molecular complexity index is 392. The van der Waals surface area contributed by atoms with Crippen LogP contribution in [0, 0.1) is 0 Å². The molecule has 0 saturated carbocycles. The summed E-state index contributed by atoms with van der Waals surface area (Å²) in [5, 5.41) is 0.486. The Morgan fingerprint density at radius 2 is 2.19 bits per heavy atom. The van der Waals surface area contributed by atoms with Crippen LogP contribution >= 0.6 is 11.6 Å². The normalized spacial score (nSPS) is 11.7. The van der Waals surface area contributed by atoms with Crippen molar-refractivity contribution in [1.29, 1.82) is 0 Å². The Morgan fingerprint density at radius 1 is 1.50 bits per heavy atom. The number of guanidine groups is 1. The second kappa shape index (κ2) is 5.58. The van der Waals surface area contributed by atoms with Crippen LogP contribution in [0.3, 0.4) is 0 Å². The monoisotopic (exact) mass is 242 g/mol. The molecule has 0 saturated heterocycles. The second-order valence-corrected chi connectivity index (χ2v) is 3.83. The van der Waals surface area contributed by atoms with Crippen LogP contribution < -0.4 is 21.7 Å². The maximum absolute atomic E-state index is 6.01. The number of hydrazine groups is 1. The molecule has 0 bridgehead atoms. The van der Waals surface area contributed by atoms with Crippen molar-refractivity contribution in [3.63, 3.8) is 0 Å². The molecule has 1 aromatic rings. The molecule has 0 aliphatic carbocycles. The van der Waals surface area contributed by atoms with Crippen molar-refractivity contribution in [3.8, 4) is 5.75 Å². The Labute approximate surface area is 99.4 Å². The molecule has 16 heavy (non-hydrogen) atoms. The molecule has 88 valence electrons. The van der Waals surface area contributed by atoms with Gasteiger partial charge in [-0.15, -0.1) is 0 Å². The summed E-state index contributed by atoms with van der Waals surface area (Å²) in [6, 6.07) is 5.14. The fourth-order valence-electron chi connectivity index (χ4n) is 1.08. The van der Waals surface area contributed by atoms with Crippen LogP contribution in [0.4, 0.5) is 5.69 Å². The molecule has 0 fully saturated rings. The van der Waals surface area contributed by atoms with E-state index in [2.05, 4.69) is 10.4 Å². The van der Waals surface area contributed by atoms with Crippen molar-refractivity contribution in [3.05, 3.63) is 23.2 Å². The average molecular weight is 243 g/mol. The third-order valence-corrected chi connectivity index (χ3v) is 1.97. The fraction of sp³-hybridized carbons (Fsp3) is 0.300. The number of benzene rings is 1. The molecule has 6 heteroatoms. The van der Waals surface area contributed by atoms with Crippen molar-refractivity contribution >= 4 is 23.2 Å². The molecule has 1 rings (SSSR count). The van der Waals surface area contributed by atoms with E-state index < -0.39 is 0 Å². The number of hydrogen-bond donors (Lipinski definition) is 3. The van der Waals surface area contributed by atoms with Crippen LogP contribution in [-0.4, -0.2) is 12.1 Å². The molecule has 0 heterocycles. The zero-order valence-corrected chi connectivity index (χ0v) is 9.95. The number of nitrogens with one attached hydrogen (secondary N) is 1. The Balaban J connectivity index is 2.91. The summed E-state index contributed by atoms with van der Waals surface area (Å²) in [5.74, 6) is 5.83. The van der Waals surface area contributed by atoms with E-state index >= 15 is 0 Å². The highest BCUT2D eigenvalue weighted by Gasteiger charge is 2.04. The molecule has 0 unspecified atom stereocenters. The van der Waals surface area contributed by atoms with Gasteiger partial charge in [-0.05, 0) is 32.0 Å². The molecule has 0 aliphatic rings. The first-order valence-electron chi connectivity index (χ1n) is 4.80. The third kappa shape index (κ3) is 3.60. The highest BCUT2D eigenvalue weighted by atomic mass is 35.5. The Kier molecular flexibility index (Phi) is 4.39. The van der Waals surface area contributed by atoms with Crippen LogP contribution in [0.1, 0.15) is 13.8 Å². The van der Waals surface area contributed by atoms with Gasteiger partial charge in [0.1, 0.15) is 5.75 Å². The first kappa shape index (κ1) is 12.6. The molecule has 0 radical (unpaired) electrons. The molecule has 0 spiro atoms. The summed E-state index contributed by atoms with van der Waals surface area (Å²) in [7, 11) is 0. The van der Waals surface area contributed by atoms with Gasteiger partial charge in [0, 0.05) is 0 Å². The topological polar surface area (TPSA) is 85.7 Å². The highest BCUT2D eigenvalue weighted by Crippen LogP contribution is 2.29. The standard InChI is InChI=1S/C10H15ClN4O/c1-6(2)16-9-4-3-7(5-8(9)11)14-10(12)15-13/h3-6H,13H2,1-2H3,(H3,12,14,15). The van der Waals surface area contributed by atoms with Crippen molar-refractivity contribution in [2.75, 3.05) is 0 Å². The van der Waals surface area contributed by atoms with Crippen LogP contribution in [0.25, 0.3) is 0 Å². The molecule has 0 aliphatic heterocycles. The summed E-state index contributed by atoms with van der Waals surface area (Å²) >= 11 is 6.01. The van der Waals surface area contributed by atoms with Gasteiger partial charge in [-0.2, -0.15) is 0 Å². The van der Waals surface area contributed by atoms with E-state index in [1.807, 2.05) is 13.8 Å². The smallest absolute Gasteiger partial charge is 0.208 e. The van der Waals surface area contributed by atoms with Gasteiger partial charge < -0.3 is 10.5 Å². The minimum atomic E-state index is 0.0719. The maximum atomic E-state index is 6.01. The van der Waals surface area contributed by atoms with Gasteiger partial charge in [-0.25, -0.2) is 10.8 Å². The number of aliphatic imine (C=N–C) groups is 1. The first-order chi connectivity index (χ1) is 7.52. The average Bonchev–Trinajstić information content (AvgIpc) is 2.21. The number of rotatable bonds is 3. The summed E-state index contributed by atoms with van der Waals surface area (Å²) < 4.78 is 5.48. The van der Waals surface area contributed by atoms with Gasteiger partial charge in [-0.3, -0.25) is 5.43 Å². The van der Waals surface area contributed by atoms with E-state index in [0.29, 0.717) is 16.5 Å². The predicted molar refractivity (Wildman–Crippen MR) is 65.8 cm³/mol. The largest absolute Gasteiger partial charge is 0.489 e. The van der Waals surface area contributed by atoms with Crippen molar-refractivity contribution in [2.45, 2.75) is 20.0 Å². The van der Waals surface area contributed by atoms with Gasteiger partial charge in [0.15, 0.2) is 0 Å². The quantitative estimate of drug-likeness (QED) is 0.325. The van der Waals surface area contributed by atoms with Crippen LogP contribution in [0.5, 0.6) is 5.75 Å². The second-order valence-electron chi connectivity index (χ2n) is 3.42. The lowest BCUT2D eigenvalue weighted by Gasteiger charge is -2.11. The van der Waals surface area contributed by atoms with E-state index in [0.717, 1.165) is 0 Å². The molecule has 5 nitrogen and oxygen atoms in total. The fourth-order valence-corrected chi connectivity index (χ4v) is 1.30. The summed E-state index contributed by atoms with van der Waals surface area (Å²) in [6.45, 7) is 3.86. The molecule has 0 atom stereocenters. The Hall–Kier alpha value is -1.46. The van der Waals surface area contributed by atoms with Crippen LogP contribution in [0.2, 0.25) is 5.02 Å². The van der Waals surface area contributed by atoms with E-state index in [4.69, 9.17) is 27.9 Å². The first-order valence-corrected chi connectivity index (χ1v) is 5.17. The highest BCUT2D eigenvalue weighted by molar-refractivity contribution is 6.32. The summed E-state index contributed by atoms with van der Waals surface area (Å²) in [4.78, 5) is 3.98. The molecule has 0 aromatic heterocycles. The van der Waals surface area contributed by atoms with Crippen LogP contribution in [0.15, 0.2) is 23.2 Å². The molecule has 0 amide bonds. The van der Waals surface area contributed by atoms with E-state index in [9.17, 15) is 0 Å². The number of nitrogens with two attached hydrogens (primary N) is 2. The van der Waals surface area contributed by atoms with Crippen molar-refractivity contribution in [2.24, 2.45) is 16.6 Å². The summed E-state index contributed by atoms with van der Waals surface area (Å²) in [6.07, 6.45) is 0.0719. The molecule has 1 aromatic carbocycles. The van der Waals surface area contributed by atoms with E-state index in [-0.39, 0.29) is 12.1 Å². The number of ether oxygens (including phenoxy) is 1. The lowest BCUT2D eigenvalue weighted by molar-refractivity contribution is 0.242. The van der Waals surface area contributed by atoms with Gasteiger partial charge in [0.05, 0.1) is 16.8 Å². The molecular formula is C10H15ClN4O. The maximum Gasteiger partial charge on any atom is 0.208 e. The van der Waals surface area contributed by atoms with Gasteiger partial charge in [-0.1, -0.05) is 11.6 Å². The molecular weight excluding hydrogens is 228 g/mol. The van der Waals surface area contributed by atoms with Crippen molar-refractivity contribution in [1.82, 2.24) is 5.43 Å². The van der Waals surface area contributed by atoms with Gasteiger partial charge >= 0.3 is 0 Å². The van der Waals surface area contributed by atoms with Gasteiger partial charge in [0.2, 0.25) is 5.96 Å². The van der Waals surface area contributed by atoms with E-state index in [1.165, 1.54) is 0 Å². The zero-order valence-electron chi connectivity index (χ0n) is 9.20. The van der Waals surface area contributed by atoms with Crippen LogP contribution in [-0.2, 0) is 0 Å². The SMILES string of the molecule is CC(C)Oc1ccc(/N=C(/N)NN)cc1Cl. The van der Waals surface area contributed by atoms with E-state index in [1.54, 1.807) is 18.2 Å². The number of nitrogens with zero attached hydrogens (tertiary/aromatic N) is 1.